The molecule has 0 spiro atoms. The molecule has 2 aromatic heterocycles. The Labute approximate surface area is 301 Å². The Hall–Kier alpha value is -6.78. The Morgan fingerprint density at radius 1 is 0.596 bits per heavy atom. The monoisotopic (exact) mass is 668 g/mol. The Balaban J connectivity index is 1.08. The Kier molecular flexibility index (Phi) is 7.07. The van der Waals surface area contributed by atoms with Gasteiger partial charge >= 0.3 is 0 Å². The van der Waals surface area contributed by atoms with E-state index in [1.165, 1.54) is 54.2 Å². The van der Waals surface area contributed by atoms with Crippen molar-refractivity contribution in [2.24, 2.45) is 5.73 Å². The van der Waals surface area contributed by atoms with Crippen LogP contribution in [0.1, 0.15) is 17.2 Å². The van der Waals surface area contributed by atoms with Crippen molar-refractivity contribution >= 4 is 76.8 Å². The van der Waals surface area contributed by atoms with Crippen molar-refractivity contribution < 1.29 is 0 Å². The fraction of sp³-hybridized carbons (Fsp3) is 0.0417. The molecule has 1 aliphatic heterocycles. The van der Waals surface area contributed by atoms with Crippen LogP contribution in [-0.2, 0) is 6.42 Å². The summed E-state index contributed by atoms with van der Waals surface area (Å²) in [6, 6.07) is 52.2. The SMILES string of the molecule is N/C(=C\C=C/Cc1cccc2ccccc12)n1c2ccccc2c2cc3c(cc21)c1ccccc1n3C1=CC=CC(c2cccc3ccccc23)N1. The van der Waals surface area contributed by atoms with Crippen LogP contribution >= 0.6 is 0 Å². The van der Waals surface area contributed by atoms with E-state index in [1.807, 2.05) is 6.08 Å². The van der Waals surface area contributed by atoms with E-state index >= 15 is 0 Å². The molecule has 1 atom stereocenters. The maximum absolute atomic E-state index is 6.97. The van der Waals surface area contributed by atoms with Crippen molar-refractivity contribution in [1.82, 2.24) is 14.5 Å². The lowest BCUT2D eigenvalue weighted by atomic mass is 9.97. The van der Waals surface area contributed by atoms with Crippen molar-refractivity contribution in [3.05, 3.63) is 193 Å². The van der Waals surface area contributed by atoms with E-state index in [0.29, 0.717) is 5.82 Å². The van der Waals surface area contributed by atoms with E-state index in [9.17, 15) is 0 Å². The quantitative estimate of drug-likeness (QED) is 0.173. The minimum Gasteiger partial charge on any atom is -0.385 e. The summed E-state index contributed by atoms with van der Waals surface area (Å²) >= 11 is 0. The Morgan fingerprint density at radius 2 is 1.21 bits per heavy atom. The fourth-order valence-electron chi connectivity index (χ4n) is 8.23. The van der Waals surface area contributed by atoms with Crippen LogP contribution in [-0.4, -0.2) is 9.13 Å². The molecule has 4 nitrogen and oxygen atoms in total. The van der Waals surface area contributed by atoms with Gasteiger partial charge in [-0.3, -0.25) is 9.13 Å². The summed E-state index contributed by atoms with van der Waals surface area (Å²) in [6.45, 7) is 0. The molecule has 1 unspecified atom stereocenters. The number of rotatable bonds is 6. The van der Waals surface area contributed by atoms with Crippen molar-refractivity contribution in [3.8, 4) is 0 Å². The number of aromatic nitrogens is 2. The highest BCUT2D eigenvalue weighted by Crippen LogP contribution is 2.39. The predicted molar refractivity (Wildman–Crippen MR) is 221 cm³/mol. The maximum atomic E-state index is 6.97. The van der Waals surface area contributed by atoms with Crippen molar-refractivity contribution in [2.75, 3.05) is 0 Å². The van der Waals surface area contributed by atoms with Crippen LogP contribution in [0.25, 0.3) is 76.8 Å². The molecule has 3 heterocycles. The van der Waals surface area contributed by atoms with E-state index in [2.05, 4.69) is 190 Å². The lowest BCUT2D eigenvalue weighted by molar-refractivity contribution is 0.741. The number of dihydropyridines is 1. The molecule has 0 radical (unpaired) electrons. The number of nitrogens with one attached hydrogen (secondary N) is 1. The number of hydrogen-bond acceptors (Lipinski definition) is 2. The van der Waals surface area contributed by atoms with Gasteiger partial charge in [0.15, 0.2) is 0 Å². The van der Waals surface area contributed by atoms with E-state index in [0.717, 1.165) is 34.3 Å². The van der Waals surface area contributed by atoms with Gasteiger partial charge in [0.1, 0.15) is 11.6 Å². The van der Waals surface area contributed by atoms with Crippen LogP contribution in [0.4, 0.5) is 0 Å². The summed E-state index contributed by atoms with van der Waals surface area (Å²) in [6.07, 6.45) is 13.8. The number of nitrogens with two attached hydrogens (primary N) is 1. The van der Waals surface area contributed by atoms with Gasteiger partial charge in [-0.15, -0.1) is 0 Å². The van der Waals surface area contributed by atoms with E-state index in [4.69, 9.17) is 5.73 Å². The van der Waals surface area contributed by atoms with E-state index in [1.54, 1.807) is 0 Å². The summed E-state index contributed by atoms with van der Waals surface area (Å²) in [5.41, 5.74) is 14.0. The first-order valence-electron chi connectivity index (χ1n) is 17.9. The third kappa shape index (κ3) is 4.84. The second kappa shape index (κ2) is 12.2. The van der Waals surface area contributed by atoms with Gasteiger partial charge in [0.05, 0.1) is 28.1 Å². The molecular formula is C48H36N4. The summed E-state index contributed by atoms with van der Waals surface area (Å²) in [4.78, 5) is 0. The van der Waals surface area contributed by atoms with Crippen LogP contribution in [0.3, 0.4) is 0 Å². The molecule has 0 bridgehead atoms. The number of fused-ring (bicyclic) bond motifs is 8. The zero-order valence-corrected chi connectivity index (χ0v) is 28.6. The number of allylic oxidation sites excluding steroid dienone is 5. The normalized spacial score (nSPS) is 15.1. The molecule has 0 amide bonds. The second-order valence-corrected chi connectivity index (χ2v) is 13.6. The van der Waals surface area contributed by atoms with Gasteiger partial charge in [-0.05, 0) is 75.5 Å². The minimum absolute atomic E-state index is 0.0339. The van der Waals surface area contributed by atoms with Crippen LogP contribution in [0, 0.1) is 0 Å². The molecule has 0 saturated heterocycles. The van der Waals surface area contributed by atoms with Gasteiger partial charge in [0, 0.05) is 21.5 Å². The number of benzene rings is 7. The lowest BCUT2D eigenvalue weighted by Crippen LogP contribution is -2.24. The van der Waals surface area contributed by atoms with Crippen molar-refractivity contribution in [1.29, 1.82) is 0 Å². The van der Waals surface area contributed by atoms with Crippen LogP contribution in [0.2, 0.25) is 0 Å². The highest BCUT2D eigenvalue weighted by molar-refractivity contribution is 6.19. The first-order chi connectivity index (χ1) is 25.7. The topological polar surface area (TPSA) is 47.9 Å². The third-order valence-corrected chi connectivity index (χ3v) is 10.6. The Bertz CT molecular complexity index is 2970. The van der Waals surface area contributed by atoms with Crippen LogP contribution in [0.15, 0.2) is 182 Å². The van der Waals surface area contributed by atoms with Gasteiger partial charge in [-0.1, -0.05) is 146 Å². The van der Waals surface area contributed by atoms with E-state index in [-0.39, 0.29) is 6.04 Å². The summed E-state index contributed by atoms with van der Waals surface area (Å²) < 4.78 is 4.59. The van der Waals surface area contributed by atoms with Crippen molar-refractivity contribution in [3.63, 3.8) is 0 Å². The molecular weight excluding hydrogens is 633 g/mol. The summed E-state index contributed by atoms with van der Waals surface area (Å²) in [5, 5.41) is 13.7. The first kappa shape index (κ1) is 30.1. The van der Waals surface area contributed by atoms with Gasteiger partial charge in [-0.2, -0.15) is 0 Å². The molecule has 0 aliphatic carbocycles. The average Bonchev–Trinajstić information content (AvgIpc) is 3.70. The average molecular weight is 669 g/mol. The van der Waals surface area contributed by atoms with Crippen molar-refractivity contribution in [2.45, 2.75) is 12.5 Å². The lowest BCUT2D eigenvalue weighted by Gasteiger charge is -2.25. The van der Waals surface area contributed by atoms with Gasteiger partial charge in [-0.25, -0.2) is 0 Å². The largest absolute Gasteiger partial charge is 0.385 e. The molecule has 0 saturated carbocycles. The molecule has 3 N–H and O–H groups in total. The van der Waals surface area contributed by atoms with E-state index < -0.39 is 0 Å². The molecule has 1 aliphatic rings. The second-order valence-electron chi connectivity index (χ2n) is 13.6. The number of nitrogens with zero attached hydrogens (tertiary/aromatic N) is 2. The molecule has 4 heteroatoms. The fourth-order valence-corrected chi connectivity index (χ4v) is 8.23. The number of hydrogen-bond donors (Lipinski definition) is 2. The molecule has 248 valence electrons. The zero-order chi connectivity index (χ0) is 34.6. The summed E-state index contributed by atoms with van der Waals surface area (Å²) in [7, 11) is 0. The van der Waals surface area contributed by atoms with Crippen LogP contribution in [0.5, 0.6) is 0 Å². The molecule has 9 aromatic rings. The zero-order valence-electron chi connectivity index (χ0n) is 28.6. The summed E-state index contributed by atoms with van der Waals surface area (Å²) in [5.74, 6) is 1.73. The highest BCUT2D eigenvalue weighted by atomic mass is 15.2. The Morgan fingerprint density at radius 3 is 2.04 bits per heavy atom. The number of para-hydroxylation sites is 2. The first-order valence-corrected chi connectivity index (χ1v) is 17.9. The van der Waals surface area contributed by atoms with Crippen LogP contribution < -0.4 is 11.1 Å². The van der Waals surface area contributed by atoms with Gasteiger partial charge in [0.2, 0.25) is 0 Å². The molecule has 52 heavy (non-hydrogen) atoms. The molecule has 0 fully saturated rings. The smallest absolute Gasteiger partial charge is 0.111 e. The third-order valence-electron chi connectivity index (χ3n) is 10.6. The maximum Gasteiger partial charge on any atom is 0.111 e. The highest BCUT2D eigenvalue weighted by Gasteiger charge is 2.22. The molecule has 7 aromatic carbocycles. The predicted octanol–water partition coefficient (Wildman–Crippen LogP) is 11.5. The molecule has 10 rings (SSSR count). The minimum atomic E-state index is 0.0339. The van der Waals surface area contributed by atoms with Gasteiger partial charge < -0.3 is 11.1 Å². The van der Waals surface area contributed by atoms with Gasteiger partial charge in [0.25, 0.3) is 0 Å². The standard InChI is InChI=1S/C48H36N4/c49-47(28-10-3-15-33-18-11-17-32-14-1-4-20-35(32)33)51-43-26-8-6-22-38(43)40-31-46-41(30-45(40)51)39-23-7-9-27-44(39)52(46)48-29-13-25-42(50-48)37-24-12-19-34-16-2-5-21-36(34)37/h1-14,16-31,42,50H,15,49H2/b10-3-,47-28+.